The Balaban J connectivity index is 1.71. The standard InChI is InChI=1S/C22H20N4O2/c1-14-8-9-16(19-13-26-11-4-6-15(2)20(26)23-19)12-18(14)24-21(27)17-7-5-10-25(3)22(17)28/h4-13H,1-3H3,(H,24,27). The summed E-state index contributed by atoms with van der Waals surface area (Å²) in [5.74, 6) is -0.424. The molecule has 28 heavy (non-hydrogen) atoms. The number of anilines is 1. The van der Waals surface area contributed by atoms with Gasteiger partial charge in [-0.15, -0.1) is 0 Å². The van der Waals surface area contributed by atoms with Crippen molar-refractivity contribution >= 4 is 17.2 Å². The topological polar surface area (TPSA) is 68.4 Å². The SMILES string of the molecule is Cc1ccc(-c2cn3cccc(C)c3n2)cc1NC(=O)c1cccn(C)c1=O. The van der Waals surface area contributed by atoms with Crippen LogP contribution in [0, 0.1) is 13.8 Å². The number of pyridine rings is 2. The van der Waals surface area contributed by atoms with E-state index in [4.69, 9.17) is 4.98 Å². The molecule has 3 aromatic heterocycles. The van der Waals surface area contributed by atoms with Gasteiger partial charge in [-0.2, -0.15) is 0 Å². The van der Waals surface area contributed by atoms with E-state index in [0.29, 0.717) is 5.69 Å². The molecule has 4 rings (SSSR count). The summed E-state index contributed by atoms with van der Waals surface area (Å²) in [7, 11) is 1.62. The van der Waals surface area contributed by atoms with Crippen LogP contribution in [0.1, 0.15) is 21.5 Å². The van der Waals surface area contributed by atoms with Crippen LogP contribution < -0.4 is 10.9 Å². The van der Waals surface area contributed by atoms with E-state index >= 15 is 0 Å². The van der Waals surface area contributed by atoms with E-state index in [2.05, 4.69) is 5.32 Å². The van der Waals surface area contributed by atoms with Gasteiger partial charge in [0, 0.05) is 36.9 Å². The van der Waals surface area contributed by atoms with Crippen molar-refractivity contribution in [2.75, 3.05) is 5.32 Å². The van der Waals surface area contributed by atoms with Crippen LogP contribution in [0.3, 0.4) is 0 Å². The summed E-state index contributed by atoms with van der Waals surface area (Å²) < 4.78 is 3.37. The number of hydrogen-bond donors (Lipinski definition) is 1. The largest absolute Gasteiger partial charge is 0.322 e. The number of imidazole rings is 1. The second kappa shape index (κ2) is 6.81. The van der Waals surface area contributed by atoms with E-state index in [1.54, 1.807) is 19.3 Å². The summed E-state index contributed by atoms with van der Waals surface area (Å²) in [5.41, 5.74) is 5.05. The Labute approximate surface area is 162 Å². The summed E-state index contributed by atoms with van der Waals surface area (Å²) in [6.45, 7) is 3.93. The van der Waals surface area contributed by atoms with Crippen molar-refractivity contribution in [3.63, 3.8) is 0 Å². The normalized spacial score (nSPS) is 11.0. The average Bonchev–Trinajstić information content (AvgIpc) is 3.11. The zero-order chi connectivity index (χ0) is 19.8. The van der Waals surface area contributed by atoms with Gasteiger partial charge < -0.3 is 14.3 Å². The van der Waals surface area contributed by atoms with E-state index in [0.717, 1.165) is 28.0 Å². The predicted molar refractivity (Wildman–Crippen MR) is 110 cm³/mol. The lowest BCUT2D eigenvalue weighted by atomic mass is 10.1. The summed E-state index contributed by atoms with van der Waals surface area (Å²) in [6, 6.07) is 13.0. The maximum absolute atomic E-state index is 12.6. The number of aromatic nitrogens is 3. The van der Waals surface area contributed by atoms with E-state index < -0.39 is 5.91 Å². The molecule has 1 amide bonds. The molecule has 3 heterocycles. The van der Waals surface area contributed by atoms with Crippen molar-refractivity contribution in [3.05, 3.63) is 88.1 Å². The van der Waals surface area contributed by atoms with E-state index in [1.165, 1.54) is 10.6 Å². The molecule has 0 saturated carbocycles. The number of carbonyl (C=O) groups is 1. The molecule has 0 saturated heterocycles. The van der Waals surface area contributed by atoms with E-state index in [1.807, 2.05) is 61.0 Å². The molecule has 4 aromatic rings. The lowest BCUT2D eigenvalue weighted by molar-refractivity contribution is 0.102. The molecular weight excluding hydrogens is 352 g/mol. The van der Waals surface area contributed by atoms with Crippen LogP contribution in [-0.4, -0.2) is 19.9 Å². The molecule has 0 spiro atoms. The molecule has 0 radical (unpaired) electrons. The number of aryl methyl sites for hydroxylation is 3. The number of hydrogen-bond acceptors (Lipinski definition) is 3. The Bertz CT molecular complexity index is 1270. The smallest absolute Gasteiger partial charge is 0.263 e. The van der Waals surface area contributed by atoms with Crippen molar-refractivity contribution in [1.29, 1.82) is 0 Å². The van der Waals surface area contributed by atoms with Crippen LogP contribution in [0.4, 0.5) is 5.69 Å². The van der Waals surface area contributed by atoms with Crippen LogP contribution in [-0.2, 0) is 7.05 Å². The minimum absolute atomic E-state index is 0.109. The number of fused-ring (bicyclic) bond motifs is 1. The van der Waals surface area contributed by atoms with Crippen LogP contribution in [0.25, 0.3) is 16.9 Å². The molecule has 0 aliphatic rings. The van der Waals surface area contributed by atoms with Gasteiger partial charge in [0.25, 0.3) is 11.5 Å². The molecule has 0 bridgehead atoms. The van der Waals surface area contributed by atoms with Crippen LogP contribution in [0.5, 0.6) is 0 Å². The first-order valence-corrected chi connectivity index (χ1v) is 8.96. The number of nitrogens with zero attached hydrogens (tertiary/aromatic N) is 3. The average molecular weight is 372 g/mol. The molecule has 0 unspecified atom stereocenters. The number of nitrogens with one attached hydrogen (secondary N) is 1. The molecule has 140 valence electrons. The fourth-order valence-corrected chi connectivity index (χ4v) is 3.17. The number of amides is 1. The third-order valence-electron chi connectivity index (χ3n) is 4.83. The second-order valence-electron chi connectivity index (χ2n) is 6.87. The van der Waals surface area contributed by atoms with Crippen LogP contribution in [0.2, 0.25) is 0 Å². The minimum atomic E-state index is -0.424. The number of benzene rings is 1. The molecular formula is C22H20N4O2. The highest BCUT2D eigenvalue weighted by Gasteiger charge is 2.14. The van der Waals surface area contributed by atoms with Crippen molar-refractivity contribution in [2.45, 2.75) is 13.8 Å². The Morgan fingerprint density at radius 3 is 2.61 bits per heavy atom. The van der Waals surface area contributed by atoms with Gasteiger partial charge >= 0.3 is 0 Å². The lowest BCUT2D eigenvalue weighted by Gasteiger charge is -2.10. The fraction of sp³-hybridized carbons (Fsp3) is 0.136. The van der Waals surface area contributed by atoms with Gasteiger partial charge in [0.05, 0.1) is 5.69 Å². The molecule has 0 atom stereocenters. The van der Waals surface area contributed by atoms with E-state index in [9.17, 15) is 9.59 Å². The monoisotopic (exact) mass is 372 g/mol. The molecule has 0 aliphatic carbocycles. The highest BCUT2D eigenvalue weighted by Crippen LogP contribution is 2.26. The Kier molecular flexibility index (Phi) is 4.31. The molecule has 1 N–H and O–H groups in total. The van der Waals surface area contributed by atoms with Gasteiger partial charge in [-0.3, -0.25) is 9.59 Å². The summed E-state index contributed by atoms with van der Waals surface area (Å²) in [4.78, 5) is 29.5. The molecule has 0 fully saturated rings. The van der Waals surface area contributed by atoms with Gasteiger partial charge in [-0.25, -0.2) is 4.98 Å². The zero-order valence-electron chi connectivity index (χ0n) is 15.9. The van der Waals surface area contributed by atoms with Crippen molar-refractivity contribution < 1.29 is 4.79 Å². The van der Waals surface area contributed by atoms with Gasteiger partial charge in [0.1, 0.15) is 11.2 Å². The van der Waals surface area contributed by atoms with Gasteiger partial charge in [0.15, 0.2) is 0 Å². The van der Waals surface area contributed by atoms with Crippen LogP contribution >= 0.6 is 0 Å². The third-order valence-corrected chi connectivity index (χ3v) is 4.83. The Morgan fingerprint density at radius 2 is 1.82 bits per heavy atom. The van der Waals surface area contributed by atoms with E-state index in [-0.39, 0.29) is 11.1 Å². The molecule has 6 heteroatoms. The highest BCUT2D eigenvalue weighted by atomic mass is 16.2. The second-order valence-corrected chi connectivity index (χ2v) is 6.87. The Hall–Kier alpha value is -3.67. The van der Waals surface area contributed by atoms with Crippen LogP contribution in [0.15, 0.2) is 65.8 Å². The van der Waals surface area contributed by atoms with Crippen molar-refractivity contribution in [1.82, 2.24) is 14.0 Å². The summed E-state index contributed by atoms with van der Waals surface area (Å²) in [6.07, 6.45) is 5.54. The predicted octanol–water partition coefficient (Wildman–Crippen LogP) is 3.57. The summed E-state index contributed by atoms with van der Waals surface area (Å²) >= 11 is 0. The number of carbonyl (C=O) groups excluding carboxylic acids is 1. The Morgan fingerprint density at radius 1 is 1.04 bits per heavy atom. The third kappa shape index (κ3) is 3.09. The minimum Gasteiger partial charge on any atom is -0.322 e. The first kappa shape index (κ1) is 17.7. The molecule has 1 aromatic carbocycles. The summed E-state index contributed by atoms with van der Waals surface area (Å²) in [5, 5.41) is 2.86. The fourth-order valence-electron chi connectivity index (χ4n) is 3.17. The first-order valence-electron chi connectivity index (χ1n) is 8.96. The zero-order valence-corrected chi connectivity index (χ0v) is 15.9. The maximum Gasteiger partial charge on any atom is 0.263 e. The highest BCUT2D eigenvalue weighted by molar-refractivity contribution is 6.04. The lowest BCUT2D eigenvalue weighted by Crippen LogP contribution is -2.27. The molecule has 0 aliphatic heterocycles. The molecule has 6 nitrogen and oxygen atoms in total. The maximum atomic E-state index is 12.6. The van der Waals surface area contributed by atoms with Gasteiger partial charge in [0.2, 0.25) is 0 Å². The first-order chi connectivity index (χ1) is 13.4. The van der Waals surface area contributed by atoms with Crippen molar-refractivity contribution in [2.24, 2.45) is 7.05 Å². The number of rotatable bonds is 3. The van der Waals surface area contributed by atoms with Gasteiger partial charge in [-0.05, 0) is 49.2 Å². The van der Waals surface area contributed by atoms with Gasteiger partial charge in [-0.1, -0.05) is 18.2 Å². The van der Waals surface area contributed by atoms with Crippen molar-refractivity contribution in [3.8, 4) is 11.3 Å². The quantitative estimate of drug-likeness (QED) is 0.598.